The lowest BCUT2D eigenvalue weighted by molar-refractivity contribution is -0.140. The molecule has 0 aliphatic rings. The van der Waals surface area contributed by atoms with E-state index >= 15 is 0 Å². The first kappa shape index (κ1) is 23.9. The van der Waals surface area contributed by atoms with Crippen LogP contribution in [0.5, 0.6) is 17.2 Å². The van der Waals surface area contributed by atoms with E-state index in [2.05, 4.69) is 5.32 Å². The normalized spacial score (nSPS) is 11.6. The zero-order chi connectivity index (χ0) is 23.0. The Labute approximate surface area is 184 Å². The molecule has 1 N–H and O–H groups in total. The molecule has 166 valence electrons. The topological polar surface area (TPSA) is 100 Å². The first-order valence-corrected chi connectivity index (χ1v) is 10.2. The second-order valence-corrected chi connectivity index (χ2v) is 7.57. The minimum atomic E-state index is -0.961. The highest BCUT2D eigenvalue weighted by atomic mass is 32.1. The number of hydrogen-bond acceptors (Lipinski definition) is 8. The van der Waals surface area contributed by atoms with Gasteiger partial charge in [0.2, 0.25) is 11.7 Å². The summed E-state index contributed by atoms with van der Waals surface area (Å²) < 4.78 is 21.0. The molecule has 1 aromatic heterocycles. The van der Waals surface area contributed by atoms with Gasteiger partial charge in [-0.2, -0.15) is 0 Å². The van der Waals surface area contributed by atoms with E-state index in [1.165, 1.54) is 58.7 Å². The van der Waals surface area contributed by atoms with E-state index in [0.717, 1.165) is 4.88 Å². The van der Waals surface area contributed by atoms with Gasteiger partial charge in [0.15, 0.2) is 17.6 Å². The van der Waals surface area contributed by atoms with Crippen LogP contribution in [0.25, 0.3) is 6.08 Å². The minimum absolute atomic E-state index is 0.151. The number of methoxy groups -OCH3 is 3. The van der Waals surface area contributed by atoms with E-state index in [1.54, 1.807) is 24.3 Å². The number of ether oxygens (including phenoxy) is 4. The van der Waals surface area contributed by atoms with Crippen LogP contribution < -0.4 is 19.5 Å². The van der Waals surface area contributed by atoms with E-state index in [1.807, 2.05) is 0 Å². The number of hydrogen-bond donors (Lipinski definition) is 1. The Morgan fingerprint density at radius 2 is 1.68 bits per heavy atom. The van der Waals surface area contributed by atoms with Crippen molar-refractivity contribution >= 4 is 35.1 Å². The lowest BCUT2D eigenvalue weighted by Crippen LogP contribution is -2.22. The van der Waals surface area contributed by atoms with Crippen molar-refractivity contribution in [1.29, 1.82) is 0 Å². The summed E-state index contributed by atoms with van der Waals surface area (Å²) >= 11 is 1.25. The molecule has 0 saturated carbocycles. The van der Waals surface area contributed by atoms with Crippen LogP contribution in [0.15, 0.2) is 30.3 Å². The molecular formula is C22H25NO7S. The van der Waals surface area contributed by atoms with Crippen LogP contribution >= 0.6 is 11.3 Å². The van der Waals surface area contributed by atoms with Crippen molar-refractivity contribution in [2.45, 2.75) is 26.5 Å². The van der Waals surface area contributed by atoms with Crippen LogP contribution in [-0.2, 0) is 20.9 Å². The number of thiophene rings is 1. The van der Waals surface area contributed by atoms with E-state index in [0.29, 0.717) is 34.2 Å². The largest absolute Gasteiger partial charge is 0.496 e. The number of Topliss-reactive ketones (excluding diaryl/α,β-unsaturated/α-hetero) is 1. The molecule has 8 nitrogen and oxygen atoms in total. The Kier molecular flexibility index (Phi) is 8.63. The highest BCUT2D eigenvalue weighted by molar-refractivity contribution is 7.14. The first-order valence-electron chi connectivity index (χ1n) is 9.35. The molecule has 0 fully saturated rings. The SMILES string of the molecule is COc1cc(OC)c(OC)cc1/C=C/C(=O)OC(C)C(=O)c1ccc(CNC(C)=O)s1. The summed E-state index contributed by atoms with van der Waals surface area (Å²) in [6.45, 7) is 3.28. The Balaban J connectivity index is 2.04. The standard InChI is InChI=1S/C22H25NO7S/c1-13(22(26)20-8-7-16(31-20)12-23-14(2)24)30-21(25)9-6-15-10-18(28-4)19(29-5)11-17(15)27-3/h6-11,13H,12H2,1-5H3,(H,23,24)/b9-6+. The fourth-order valence-corrected chi connectivity index (χ4v) is 3.59. The van der Waals surface area contributed by atoms with E-state index < -0.39 is 12.1 Å². The van der Waals surface area contributed by atoms with Crippen LogP contribution in [-0.4, -0.2) is 45.1 Å². The Bertz CT molecular complexity index is 980. The van der Waals surface area contributed by atoms with Crippen LogP contribution in [0.2, 0.25) is 0 Å². The van der Waals surface area contributed by atoms with Crippen LogP contribution in [0, 0.1) is 0 Å². The van der Waals surface area contributed by atoms with Crippen LogP contribution in [0.3, 0.4) is 0 Å². The summed E-state index contributed by atoms with van der Waals surface area (Å²) in [4.78, 5) is 37.0. The fraction of sp³-hybridized carbons (Fsp3) is 0.318. The zero-order valence-corrected chi connectivity index (χ0v) is 18.8. The minimum Gasteiger partial charge on any atom is -0.496 e. The van der Waals surface area contributed by atoms with Gasteiger partial charge in [-0.1, -0.05) is 0 Å². The fourth-order valence-electron chi connectivity index (χ4n) is 2.63. The Morgan fingerprint density at radius 1 is 1.03 bits per heavy atom. The summed E-state index contributed by atoms with van der Waals surface area (Å²) in [5, 5.41) is 2.67. The summed E-state index contributed by atoms with van der Waals surface area (Å²) in [5.74, 6) is 0.314. The van der Waals surface area contributed by atoms with Gasteiger partial charge < -0.3 is 24.3 Å². The number of esters is 1. The Morgan fingerprint density at radius 3 is 2.29 bits per heavy atom. The molecule has 0 radical (unpaired) electrons. The highest BCUT2D eigenvalue weighted by Gasteiger charge is 2.20. The zero-order valence-electron chi connectivity index (χ0n) is 18.0. The van der Waals surface area contributed by atoms with Crippen molar-refractivity contribution in [2.24, 2.45) is 0 Å². The average molecular weight is 448 g/mol. The predicted molar refractivity (Wildman–Crippen MR) is 117 cm³/mol. The van der Waals surface area contributed by atoms with Gasteiger partial charge in [-0.15, -0.1) is 11.3 Å². The third-order valence-electron chi connectivity index (χ3n) is 4.21. The predicted octanol–water partition coefficient (Wildman–Crippen LogP) is 3.24. The quantitative estimate of drug-likeness (QED) is 0.339. The lowest BCUT2D eigenvalue weighted by Gasteiger charge is -2.12. The smallest absolute Gasteiger partial charge is 0.331 e. The maximum absolute atomic E-state index is 12.5. The van der Waals surface area contributed by atoms with Gasteiger partial charge in [-0.05, 0) is 31.2 Å². The highest BCUT2D eigenvalue weighted by Crippen LogP contribution is 2.35. The molecule has 0 aliphatic carbocycles. The lowest BCUT2D eigenvalue weighted by atomic mass is 10.1. The van der Waals surface area contributed by atoms with Crippen molar-refractivity contribution in [3.05, 3.63) is 45.7 Å². The van der Waals surface area contributed by atoms with E-state index in [4.69, 9.17) is 18.9 Å². The molecule has 1 aromatic carbocycles. The molecule has 0 bridgehead atoms. The molecule has 1 heterocycles. The van der Waals surface area contributed by atoms with Gasteiger partial charge in [-0.25, -0.2) is 4.79 Å². The molecule has 31 heavy (non-hydrogen) atoms. The molecule has 0 aliphatic heterocycles. The molecular weight excluding hydrogens is 422 g/mol. The van der Waals surface area contributed by atoms with E-state index in [-0.39, 0.29) is 11.7 Å². The van der Waals surface area contributed by atoms with Crippen LogP contribution in [0.1, 0.15) is 34.0 Å². The number of carbonyl (C=O) groups is 3. The summed E-state index contributed by atoms with van der Waals surface area (Å²) in [6, 6.07) is 6.72. The Hall–Kier alpha value is -3.33. The summed E-state index contributed by atoms with van der Waals surface area (Å²) in [5.41, 5.74) is 0.581. The number of carbonyl (C=O) groups excluding carboxylic acids is 3. The van der Waals surface area contributed by atoms with Crippen LogP contribution in [0.4, 0.5) is 0 Å². The number of amides is 1. The van der Waals surface area contributed by atoms with Gasteiger partial charge >= 0.3 is 5.97 Å². The van der Waals surface area contributed by atoms with Crippen molar-refractivity contribution in [3.8, 4) is 17.2 Å². The van der Waals surface area contributed by atoms with Gasteiger partial charge in [0, 0.05) is 29.5 Å². The molecule has 0 saturated heterocycles. The first-order chi connectivity index (χ1) is 14.8. The molecule has 0 spiro atoms. The van der Waals surface area contributed by atoms with Gasteiger partial charge in [-0.3, -0.25) is 9.59 Å². The summed E-state index contributed by atoms with van der Waals surface area (Å²) in [7, 11) is 4.52. The molecule has 1 amide bonds. The maximum atomic E-state index is 12.5. The molecule has 2 rings (SSSR count). The van der Waals surface area contributed by atoms with Crippen molar-refractivity contribution in [1.82, 2.24) is 5.32 Å². The molecule has 2 aromatic rings. The van der Waals surface area contributed by atoms with E-state index in [9.17, 15) is 14.4 Å². The van der Waals surface area contributed by atoms with Crippen molar-refractivity contribution in [2.75, 3.05) is 21.3 Å². The number of ketones is 1. The molecule has 9 heteroatoms. The van der Waals surface area contributed by atoms with Crippen molar-refractivity contribution in [3.63, 3.8) is 0 Å². The summed E-state index contributed by atoms with van der Waals surface area (Å²) in [6.07, 6.45) is 1.76. The second-order valence-electron chi connectivity index (χ2n) is 6.40. The van der Waals surface area contributed by atoms with Crippen molar-refractivity contribution < 1.29 is 33.3 Å². The number of benzene rings is 1. The third-order valence-corrected chi connectivity index (χ3v) is 5.31. The van der Waals surface area contributed by atoms with Gasteiger partial charge in [0.05, 0.1) is 32.8 Å². The molecule has 1 atom stereocenters. The monoisotopic (exact) mass is 447 g/mol. The van der Waals surface area contributed by atoms with Gasteiger partial charge in [0.25, 0.3) is 0 Å². The number of rotatable bonds is 10. The molecule has 1 unspecified atom stereocenters. The maximum Gasteiger partial charge on any atom is 0.331 e. The van der Waals surface area contributed by atoms with Gasteiger partial charge in [0.1, 0.15) is 5.75 Å². The third kappa shape index (κ3) is 6.58. The second kappa shape index (κ2) is 11.2. The average Bonchev–Trinajstić information content (AvgIpc) is 3.23. The number of nitrogens with one attached hydrogen (secondary N) is 1.